The molecule has 0 aliphatic heterocycles. The van der Waals surface area contributed by atoms with Crippen molar-refractivity contribution < 1.29 is 4.39 Å². The molecule has 92 valence electrons. The number of amidine groups is 1. The zero-order valence-electron chi connectivity index (χ0n) is 9.82. The van der Waals surface area contributed by atoms with E-state index in [4.69, 9.17) is 11.1 Å². The summed E-state index contributed by atoms with van der Waals surface area (Å²) in [6.07, 6.45) is 2.99. The van der Waals surface area contributed by atoms with Gasteiger partial charge in [-0.2, -0.15) is 0 Å². The largest absolute Gasteiger partial charge is 0.388 e. The molecule has 0 amide bonds. The van der Waals surface area contributed by atoms with Gasteiger partial charge < -0.3 is 5.73 Å². The topological polar surface area (TPSA) is 53.1 Å². The van der Waals surface area contributed by atoms with Crippen molar-refractivity contribution in [3.05, 3.63) is 35.6 Å². The molecule has 0 radical (unpaired) electrons. The van der Waals surface area contributed by atoms with Crippen molar-refractivity contribution in [3.63, 3.8) is 0 Å². The van der Waals surface area contributed by atoms with Crippen molar-refractivity contribution in [2.45, 2.75) is 31.8 Å². The molecule has 0 unspecified atom stereocenters. The molecule has 2 rings (SSSR count). The molecule has 0 saturated heterocycles. The number of benzene rings is 1. The van der Waals surface area contributed by atoms with Crippen LogP contribution in [0.15, 0.2) is 24.3 Å². The normalized spacial score (nSPS) is 15.2. The molecule has 1 aromatic carbocycles. The van der Waals surface area contributed by atoms with Crippen LogP contribution in [0.4, 0.5) is 4.39 Å². The van der Waals surface area contributed by atoms with Crippen molar-refractivity contribution in [2.24, 2.45) is 5.73 Å². The van der Waals surface area contributed by atoms with Crippen molar-refractivity contribution in [1.82, 2.24) is 4.90 Å². The summed E-state index contributed by atoms with van der Waals surface area (Å²) in [5.41, 5.74) is 6.36. The quantitative estimate of drug-likeness (QED) is 0.586. The Morgan fingerprint density at radius 1 is 1.47 bits per heavy atom. The first-order valence-corrected chi connectivity index (χ1v) is 5.96. The minimum Gasteiger partial charge on any atom is -0.388 e. The fraction of sp³-hybridized carbons (Fsp3) is 0.462. The minimum atomic E-state index is -0.190. The van der Waals surface area contributed by atoms with Crippen molar-refractivity contribution in [2.75, 3.05) is 6.54 Å². The summed E-state index contributed by atoms with van der Waals surface area (Å²) >= 11 is 0. The second-order valence-corrected chi connectivity index (χ2v) is 4.61. The summed E-state index contributed by atoms with van der Waals surface area (Å²) in [5, 5.41) is 7.25. The Kier molecular flexibility index (Phi) is 3.74. The molecule has 1 aliphatic carbocycles. The molecular weight excluding hydrogens is 217 g/mol. The third kappa shape index (κ3) is 3.82. The fourth-order valence-corrected chi connectivity index (χ4v) is 1.96. The van der Waals surface area contributed by atoms with Crippen LogP contribution in [0.5, 0.6) is 0 Å². The lowest BCUT2D eigenvalue weighted by atomic mass is 10.2. The number of rotatable bonds is 6. The first-order chi connectivity index (χ1) is 8.15. The van der Waals surface area contributed by atoms with Crippen molar-refractivity contribution in [1.29, 1.82) is 5.41 Å². The van der Waals surface area contributed by atoms with E-state index in [1.165, 1.54) is 18.9 Å². The second kappa shape index (κ2) is 5.27. The van der Waals surface area contributed by atoms with Gasteiger partial charge in [-0.15, -0.1) is 0 Å². The SMILES string of the molecule is N=C(N)CCN(Cc1cccc(F)c1)C1CC1. The van der Waals surface area contributed by atoms with E-state index in [1.807, 2.05) is 6.07 Å². The Hall–Kier alpha value is -1.42. The van der Waals surface area contributed by atoms with Gasteiger partial charge in [0.2, 0.25) is 0 Å². The molecule has 4 heteroatoms. The zero-order chi connectivity index (χ0) is 12.3. The Bertz CT molecular complexity index is 401. The molecule has 0 bridgehead atoms. The highest BCUT2D eigenvalue weighted by Gasteiger charge is 2.28. The number of nitrogens with one attached hydrogen (secondary N) is 1. The summed E-state index contributed by atoms with van der Waals surface area (Å²) in [4.78, 5) is 2.29. The smallest absolute Gasteiger partial charge is 0.123 e. The number of hydrogen-bond donors (Lipinski definition) is 2. The van der Waals surface area contributed by atoms with E-state index in [0.29, 0.717) is 12.5 Å². The van der Waals surface area contributed by atoms with E-state index >= 15 is 0 Å². The van der Waals surface area contributed by atoms with Gasteiger partial charge in [0.15, 0.2) is 0 Å². The lowest BCUT2D eigenvalue weighted by Gasteiger charge is -2.21. The van der Waals surface area contributed by atoms with Crippen LogP contribution in [-0.2, 0) is 6.54 Å². The highest BCUT2D eigenvalue weighted by atomic mass is 19.1. The molecule has 0 aromatic heterocycles. The third-order valence-electron chi connectivity index (χ3n) is 3.01. The van der Waals surface area contributed by atoms with Crippen LogP contribution in [0.3, 0.4) is 0 Å². The summed E-state index contributed by atoms with van der Waals surface area (Å²) in [7, 11) is 0. The number of nitrogens with two attached hydrogens (primary N) is 1. The van der Waals surface area contributed by atoms with Gasteiger partial charge in [-0.25, -0.2) is 4.39 Å². The van der Waals surface area contributed by atoms with Crippen LogP contribution >= 0.6 is 0 Å². The maximum atomic E-state index is 13.1. The van der Waals surface area contributed by atoms with Gasteiger partial charge in [-0.05, 0) is 30.5 Å². The van der Waals surface area contributed by atoms with Gasteiger partial charge in [-0.1, -0.05) is 12.1 Å². The highest BCUT2D eigenvalue weighted by molar-refractivity contribution is 5.76. The van der Waals surface area contributed by atoms with Gasteiger partial charge in [0.25, 0.3) is 0 Å². The average Bonchev–Trinajstić information content (AvgIpc) is 3.07. The van der Waals surface area contributed by atoms with Gasteiger partial charge in [0.1, 0.15) is 5.82 Å². The lowest BCUT2D eigenvalue weighted by Crippen LogP contribution is -2.29. The molecule has 1 aromatic rings. The monoisotopic (exact) mass is 235 g/mol. The van der Waals surface area contributed by atoms with E-state index in [-0.39, 0.29) is 11.7 Å². The fourth-order valence-electron chi connectivity index (χ4n) is 1.96. The zero-order valence-corrected chi connectivity index (χ0v) is 9.82. The molecule has 17 heavy (non-hydrogen) atoms. The van der Waals surface area contributed by atoms with E-state index in [1.54, 1.807) is 12.1 Å². The highest BCUT2D eigenvalue weighted by Crippen LogP contribution is 2.28. The number of halogens is 1. The predicted octanol–water partition coefficient (Wildman–Crippen LogP) is 2.12. The van der Waals surface area contributed by atoms with Gasteiger partial charge in [-0.3, -0.25) is 10.3 Å². The maximum Gasteiger partial charge on any atom is 0.123 e. The third-order valence-corrected chi connectivity index (χ3v) is 3.01. The Morgan fingerprint density at radius 2 is 2.24 bits per heavy atom. The van der Waals surface area contributed by atoms with Crippen LogP contribution in [0.1, 0.15) is 24.8 Å². The molecule has 1 aliphatic rings. The van der Waals surface area contributed by atoms with Crippen LogP contribution in [0.2, 0.25) is 0 Å². The van der Waals surface area contributed by atoms with E-state index in [0.717, 1.165) is 18.7 Å². The summed E-state index contributed by atoms with van der Waals surface area (Å²) in [6, 6.07) is 7.30. The van der Waals surface area contributed by atoms with Crippen molar-refractivity contribution in [3.8, 4) is 0 Å². The standard InChI is InChI=1S/C13H18FN3/c14-11-3-1-2-10(8-11)9-17(12-4-5-12)7-6-13(15)16/h1-3,8,12H,4-7,9H2,(H3,15,16). The first-order valence-electron chi connectivity index (χ1n) is 5.96. The van der Waals surface area contributed by atoms with E-state index in [9.17, 15) is 4.39 Å². The number of hydrogen-bond acceptors (Lipinski definition) is 2. The molecular formula is C13H18FN3. The van der Waals surface area contributed by atoms with Gasteiger partial charge >= 0.3 is 0 Å². The molecule has 3 N–H and O–H groups in total. The Balaban J connectivity index is 1.95. The molecule has 3 nitrogen and oxygen atoms in total. The summed E-state index contributed by atoms with van der Waals surface area (Å²) in [6.45, 7) is 1.53. The molecule has 0 spiro atoms. The molecule has 0 atom stereocenters. The predicted molar refractivity (Wildman–Crippen MR) is 66.4 cm³/mol. The van der Waals surface area contributed by atoms with Crippen LogP contribution < -0.4 is 5.73 Å². The minimum absolute atomic E-state index is 0.190. The summed E-state index contributed by atoms with van der Waals surface area (Å²) in [5.74, 6) is 0.0275. The maximum absolute atomic E-state index is 13.1. The molecule has 1 fully saturated rings. The molecule has 1 saturated carbocycles. The summed E-state index contributed by atoms with van der Waals surface area (Å²) < 4.78 is 13.1. The Morgan fingerprint density at radius 3 is 2.82 bits per heavy atom. The van der Waals surface area contributed by atoms with Gasteiger partial charge in [0, 0.05) is 25.6 Å². The van der Waals surface area contributed by atoms with Crippen LogP contribution in [0, 0.1) is 11.2 Å². The van der Waals surface area contributed by atoms with E-state index < -0.39 is 0 Å². The lowest BCUT2D eigenvalue weighted by molar-refractivity contribution is 0.262. The number of nitrogens with zero attached hydrogens (tertiary/aromatic N) is 1. The molecule has 0 heterocycles. The first kappa shape index (κ1) is 12.0. The van der Waals surface area contributed by atoms with Crippen LogP contribution in [-0.4, -0.2) is 23.3 Å². The van der Waals surface area contributed by atoms with Crippen molar-refractivity contribution >= 4 is 5.84 Å². The average molecular weight is 235 g/mol. The van der Waals surface area contributed by atoms with Crippen LogP contribution in [0.25, 0.3) is 0 Å². The van der Waals surface area contributed by atoms with Gasteiger partial charge in [0.05, 0.1) is 5.84 Å². The second-order valence-electron chi connectivity index (χ2n) is 4.61. The van der Waals surface area contributed by atoms with E-state index in [2.05, 4.69) is 4.90 Å². The Labute approximate surface area is 101 Å².